The molecule has 2 unspecified atom stereocenters. The van der Waals surface area contributed by atoms with E-state index < -0.39 is 0 Å². The first-order valence-electron chi connectivity index (χ1n) is 4.43. The molecule has 5 N–H and O–H groups in total. The molecule has 0 aromatic heterocycles. The Hall–Kier alpha value is -0.160. The molecule has 2 atom stereocenters. The second-order valence-corrected chi connectivity index (χ2v) is 3.44. The molecule has 0 bridgehead atoms. The summed E-state index contributed by atoms with van der Waals surface area (Å²) < 4.78 is 0. The lowest BCUT2D eigenvalue weighted by Gasteiger charge is -2.25. The molecule has 0 aliphatic rings. The minimum Gasteiger partial charge on any atom is -0.330 e. The minimum atomic E-state index is 0.199. The summed E-state index contributed by atoms with van der Waals surface area (Å²) >= 11 is 0. The van der Waals surface area contributed by atoms with Crippen LogP contribution < -0.4 is 16.8 Å². The summed E-state index contributed by atoms with van der Waals surface area (Å²) in [6, 6.07) is 0.199. The first-order valence-corrected chi connectivity index (χ1v) is 4.43. The van der Waals surface area contributed by atoms with Gasteiger partial charge in [0.05, 0.1) is 6.17 Å². The number of nitrogens with zero attached hydrogens (tertiary/aromatic N) is 1. The number of hydrogen-bond acceptors (Lipinski definition) is 4. The number of hydrogen-bond donors (Lipinski definition) is 3. The Morgan fingerprint density at radius 1 is 1.42 bits per heavy atom. The van der Waals surface area contributed by atoms with E-state index in [4.69, 9.17) is 11.5 Å². The molecule has 4 heteroatoms. The van der Waals surface area contributed by atoms with E-state index in [2.05, 4.69) is 10.2 Å². The first kappa shape index (κ1) is 11.8. The van der Waals surface area contributed by atoms with Gasteiger partial charge in [-0.1, -0.05) is 0 Å². The van der Waals surface area contributed by atoms with Crippen molar-refractivity contribution in [2.75, 3.05) is 27.2 Å². The van der Waals surface area contributed by atoms with Crippen LogP contribution in [0, 0.1) is 0 Å². The molecule has 0 radical (unpaired) electrons. The van der Waals surface area contributed by atoms with Crippen molar-refractivity contribution >= 4 is 0 Å². The van der Waals surface area contributed by atoms with Crippen LogP contribution in [0.4, 0.5) is 0 Å². The van der Waals surface area contributed by atoms with E-state index in [1.54, 1.807) is 0 Å². The van der Waals surface area contributed by atoms with E-state index >= 15 is 0 Å². The largest absolute Gasteiger partial charge is 0.330 e. The van der Waals surface area contributed by atoms with Crippen LogP contribution in [0.25, 0.3) is 0 Å². The molecular formula is C8H22N4. The summed E-state index contributed by atoms with van der Waals surface area (Å²) in [4.78, 5) is 2.12. The van der Waals surface area contributed by atoms with E-state index in [-0.39, 0.29) is 6.04 Å². The van der Waals surface area contributed by atoms with Crippen LogP contribution in [0.5, 0.6) is 0 Å². The minimum absolute atomic E-state index is 0.199. The maximum Gasteiger partial charge on any atom is 0.0604 e. The van der Waals surface area contributed by atoms with Crippen molar-refractivity contribution in [1.82, 2.24) is 10.2 Å². The van der Waals surface area contributed by atoms with E-state index in [1.807, 2.05) is 21.0 Å². The van der Waals surface area contributed by atoms with Crippen LogP contribution in [-0.2, 0) is 0 Å². The molecule has 0 aliphatic carbocycles. The van der Waals surface area contributed by atoms with E-state index in [1.165, 1.54) is 0 Å². The molecule has 0 aromatic carbocycles. The highest BCUT2D eigenvalue weighted by Crippen LogP contribution is 1.93. The van der Waals surface area contributed by atoms with Gasteiger partial charge in [-0.25, -0.2) is 0 Å². The molecule has 0 rings (SSSR count). The van der Waals surface area contributed by atoms with Gasteiger partial charge in [0.1, 0.15) is 0 Å². The Morgan fingerprint density at radius 2 is 2.00 bits per heavy atom. The maximum atomic E-state index is 5.62. The van der Waals surface area contributed by atoms with Crippen molar-refractivity contribution < 1.29 is 0 Å². The van der Waals surface area contributed by atoms with Gasteiger partial charge in [-0.2, -0.15) is 0 Å². The fourth-order valence-electron chi connectivity index (χ4n) is 1.02. The molecule has 0 saturated carbocycles. The van der Waals surface area contributed by atoms with Crippen molar-refractivity contribution in [3.05, 3.63) is 0 Å². The van der Waals surface area contributed by atoms with Gasteiger partial charge < -0.3 is 16.8 Å². The third-order valence-corrected chi connectivity index (χ3v) is 1.74. The maximum absolute atomic E-state index is 5.62. The monoisotopic (exact) mass is 174 g/mol. The summed E-state index contributed by atoms with van der Waals surface area (Å²) in [7, 11) is 4.07. The van der Waals surface area contributed by atoms with Gasteiger partial charge in [0.25, 0.3) is 0 Å². The lowest BCUT2D eigenvalue weighted by Crippen LogP contribution is -2.46. The Labute approximate surface area is 75.3 Å². The summed E-state index contributed by atoms with van der Waals surface area (Å²) in [5, 5.41) is 3.34. The van der Waals surface area contributed by atoms with Gasteiger partial charge in [-0.05, 0) is 34.0 Å². The number of rotatable bonds is 6. The molecule has 0 saturated heterocycles. The first-order chi connectivity index (χ1) is 5.57. The Kier molecular flexibility index (Phi) is 6.28. The Balaban J connectivity index is 3.63. The topological polar surface area (TPSA) is 67.3 Å². The predicted molar refractivity (Wildman–Crippen MR) is 52.8 cm³/mol. The zero-order valence-corrected chi connectivity index (χ0v) is 8.38. The number of nitrogens with two attached hydrogens (primary N) is 2. The van der Waals surface area contributed by atoms with Gasteiger partial charge in [-0.15, -0.1) is 0 Å². The molecule has 0 spiro atoms. The average molecular weight is 174 g/mol. The van der Waals surface area contributed by atoms with Gasteiger partial charge in [0.15, 0.2) is 0 Å². The molecule has 0 aliphatic heterocycles. The smallest absolute Gasteiger partial charge is 0.0604 e. The van der Waals surface area contributed by atoms with Crippen molar-refractivity contribution in [2.24, 2.45) is 11.5 Å². The summed E-state index contributed by atoms with van der Waals surface area (Å²) in [6.45, 7) is 3.53. The second-order valence-electron chi connectivity index (χ2n) is 3.44. The Morgan fingerprint density at radius 3 is 2.33 bits per heavy atom. The van der Waals surface area contributed by atoms with Crippen LogP contribution in [0.1, 0.15) is 13.3 Å². The molecule has 74 valence electrons. The van der Waals surface area contributed by atoms with Crippen LogP contribution >= 0.6 is 0 Å². The van der Waals surface area contributed by atoms with Crippen LogP contribution in [0.2, 0.25) is 0 Å². The van der Waals surface area contributed by atoms with Crippen LogP contribution in [0.3, 0.4) is 0 Å². The molecular weight excluding hydrogens is 152 g/mol. The van der Waals surface area contributed by atoms with Crippen molar-refractivity contribution in [1.29, 1.82) is 0 Å². The van der Waals surface area contributed by atoms with Gasteiger partial charge in [-0.3, -0.25) is 4.90 Å². The third-order valence-electron chi connectivity index (χ3n) is 1.74. The fraction of sp³-hybridized carbons (Fsp3) is 1.00. The normalized spacial score (nSPS) is 16.5. The zero-order valence-electron chi connectivity index (χ0n) is 8.38. The third kappa shape index (κ3) is 5.49. The summed E-state index contributed by atoms with van der Waals surface area (Å²) in [5.41, 5.74) is 11.1. The van der Waals surface area contributed by atoms with E-state index in [9.17, 15) is 0 Å². The van der Waals surface area contributed by atoms with Crippen molar-refractivity contribution in [3.8, 4) is 0 Å². The van der Waals surface area contributed by atoms with Crippen LogP contribution in [-0.4, -0.2) is 44.3 Å². The quantitative estimate of drug-likeness (QED) is 0.459. The Bertz CT molecular complexity index is 103. The lowest BCUT2D eigenvalue weighted by molar-refractivity contribution is 0.233. The average Bonchev–Trinajstić information content (AvgIpc) is 1.96. The molecule has 12 heavy (non-hydrogen) atoms. The fourth-order valence-corrected chi connectivity index (χ4v) is 1.02. The predicted octanol–water partition coefficient (Wildman–Crippen LogP) is -0.840. The molecule has 0 amide bonds. The van der Waals surface area contributed by atoms with Gasteiger partial charge in [0, 0.05) is 12.6 Å². The van der Waals surface area contributed by atoms with Gasteiger partial charge >= 0.3 is 0 Å². The highest BCUT2D eigenvalue weighted by molar-refractivity contribution is 4.67. The highest BCUT2D eigenvalue weighted by Gasteiger charge is 2.09. The summed E-state index contributed by atoms with van der Waals surface area (Å²) in [6.07, 6.45) is 1.31. The molecule has 0 heterocycles. The van der Waals surface area contributed by atoms with Gasteiger partial charge in [0.2, 0.25) is 0 Å². The van der Waals surface area contributed by atoms with Crippen molar-refractivity contribution in [3.63, 3.8) is 0 Å². The van der Waals surface area contributed by atoms with E-state index in [0.717, 1.165) is 13.0 Å². The zero-order chi connectivity index (χ0) is 9.56. The summed E-state index contributed by atoms with van der Waals surface area (Å²) in [5.74, 6) is 0. The van der Waals surface area contributed by atoms with E-state index in [0.29, 0.717) is 12.7 Å². The molecule has 4 nitrogen and oxygen atoms in total. The van der Waals surface area contributed by atoms with Crippen LogP contribution in [0.15, 0.2) is 0 Å². The lowest BCUT2D eigenvalue weighted by atomic mass is 10.3. The molecule has 0 aromatic rings. The number of nitrogens with one attached hydrogen (secondary N) is 1. The standard InChI is InChI=1S/C8H22N4/c1-7(10)6-11-8(4-5-9)12(2)3/h7-8,11H,4-6,9-10H2,1-3H3. The highest BCUT2D eigenvalue weighted by atomic mass is 15.2. The SMILES string of the molecule is CC(N)CNC(CCN)N(C)C. The molecule has 0 fully saturated rings. The second kappa shape index (κ2) is 6.37. The van der Waals surface area contributed by atoms with Crippen molar-refractivity contribution in [2.45, 2.75) is 25.6 Å².